The fraction of sp³-hybridized carbons (Fsp3) is 0.700. The molecule has 2 aliphatic rings. The van der Waals surface area contributed by atoms with Crippen LogP contribution in [-0.2, 0) is 17.6 Å². The number of nitrogens with one attached hydrogen (secondary N) is 1. The smallest absolute Gasteiger partial charge is 0.272 e. The number of aromatic nitrogens is 1. The van der Waals surface area contributed by atoms with Crippen molar-refractivity contribution in [2.24, 2.45) is 5.92 Å². The number of nitrogens with zero attached hydrogens (tertiary/aromatic N) is 2. The van der Waals surface area contributed by atoms with Crippen molar-refractivity contribution in [1.29, 1.82) is 0 Å². The summed E-state index contributed by atoms with van der Waals surface area (Å²) in [7, 11) is 0. The summed E-state index contributed by atoms with van der Waals surface area (Å²) in [5.74, 6) is 1.04. The fourth-order valence-corrected chi connectivity index (χ4v) is 4.14. The van der Waals surface area contributed by atoms with Crippen molar-refractivity contribution in [3.63, 3.8) is 0 Å². The molecule has 150 valence electrons. The minimum absolute atomic E-state index is 0.295. The SMILES string of the molecule is O=CNC1CCC(CCN2CCc3ccc(OCC(F)F)nc3CC2)CC1. The van der Waals surface area contributed by atoms with Crippen LogP contribution >= 0.6 is 0 Å². The van der Waals surface area contributed by atoms with Gasteiger partial charge in [-0.2, -0.15) is 0 Å². The fourth-order valence-electron chi connectivity index (χ4n) is 4.14. The van der Waals surface area contributed by atoms with Gasteiger partial charge in [-0.05, 0) is 56.6 Å². The average Bonchev–Trinajstić information content (AvgIpc) is 2.88. The molecule has 1 N–H and O–H groups in total. The predicted octanol–water partition coefficient (Wildman–Crippen LogP) is 2.82. The zero-order valence-corrected chi connectivity index (χ0v) is 15.7. The summed E-state index contributed by atoms with van der Waals surface area (Å²) in [4.78, 5) is 17.5. The molecule has 27 heavy (non-hydrogen) atoms. The summed E-state index contributed by atoms with van der Waals surface area (Å²) in [6, 6.07) is 4.02. The van der Waals surface area contributed by atoms with Crippen molar-refractivity contribution < 1.29 is 18.3 Å². The average molecular weight is 381 g/mol. The maximum absolute atomic E-state index is 12.3. The summed E-state index contributed by atoms with van der Waals surface area (Å²) < 4.78 is 29.6. The van der Waals surface area contributed by atoms with E-state index < -0.39 is 13.0 Å². The van der Waals surface area contributed by atoms with Crippen LogP contribution in [0.5, 0.6) is 5.88 Å². The summed E-state index contributed by atoms with van der Waals surface area (Å²) in [5, 5.41) is 2.90. The molecule has 0 aromatic carbocycles. The van der Waals surface area contributed by atoms with Crippen molar-refractivity contribution in [2.75, 3.05) is 26.2 Å². The lowest BCUT2D eigenvalue weighted by molar-refractivity contribution is -0.110. The minimum Gasteiger partial charge on any atom is -0.472 e. The van der Waals surface area contributed by atoms with Gasteiger partial charge >= 0.3 is 0 Å². The molecule has 0 spiro atoms. The summed E-state index contributed by atoms with van der Waals surface area (Å²) in [6.07, 6.45) is 5.84. The number of halogens is 2. The number of amides is 1. The van der Waals surface area contributed by atoms with Crippen LogP contribution in [0, 0.1) is 5.92 Å². The number of alkyl halides is 2. The Morgan fingerprint density at radius 2 is 2.00 bits per heavy atom. The zero-order chi connectivity index (χ0) is 19.1. The normalized spacial score (nSPS) is 23.5. The van der Waals surface area contributed by atoms with E-state index in [1.807, 2.05) is 6.07 Å². The molecule has 3 rings (SSSR count). The van der Waals surface area contributed by atoms with Gasteiger partial charge in [-0.1, -0.05) is 6.07 Å². The van der Waals surface area contributed by atoms with Gasteiger partial charge in [0.25, 0.3) is 6.43 Å². The van der Waals surface area contributed by atoms with Gasteiger partial charge in [-0.25, -0.2) is 13.8 Å². The largest absolute Gasteiger partial charge is 0.472 e. The lowest BCUT2D eigenvalue weighted by atomic mass is 9.84. The Balaban J connectivity index is 1.44. The molecule has 0 atom stereocenters. The highest BCUT2D eigenvalue weighted by atomic mass is 19.3. The minimum atomic E-state index is -2.48. The number of pyridine rings is 1. The monoisotopic (exact) mass is 381 g/mol. The molecule has 0 saturated heterocycles. The molecule has 0 bridgehead atoms. The molecule has 0 unspecified atom stereocenters. The first-order chi connectivity index (χ1) is 13.1. The maximum Gasteiger partial charge on any atom is 0.272 e. The van der Waals surface area contributed by atoms with Crippen LogP contribution in [0.4, 0.5) is 8.78 Å². The Hall–Kier alpha value is -1.76. The van der Waals surface area contributed by atoms with Crippen molar-refractivity contribution in [3.05, 3.63) is 23.4 Å². The molecule has 1 fully saturated rings. The maximum atomic E-state index is 12.3. The molecule has 2 heterocycles. The first-order valence-electron chi connectivity index (χ1n) is 9.96. The van der Waals surface area contributed by atoms with Crippen molar-refractivity contribution in [3.8, 4) is 5.88 Å². The van der Waals surface area contributed by atoms with Crippen LogP contribution in [0.25, 0.3) is 0 Å². The number of hydrogen-bond donors (Lipinski definition) is 1. The van der Waals surface area contributed by atoms with E-state index in [-0.39, 0.29) is 0 Å². The second-order valence-electron chi connectivity index (χ2n) is 7.59. The highest BCUT2D eigenvalue weighted by Gasteiger charge is 2.22. The third kappa shape index (κ3) is 6.13. The van der Waals surface area contributed by atoms with E-state index in [1.54, 1.807) is 6.07 Å². The van der Waals surface area contributed by atoms with Crippen LogP contribution in [-0.4, -0.2) is 55.0 Å². The van der Waals surface area contributed by atoms with E-state index in [9.17, 15) is 13.6 Å². The Morgan fingerprint density at radius 3 is 2.74 bits per heavy atom. The highest BCUT2D eigenvalue weighted by Crippen LogP contribution is 2.27. The Kier molecular flexibility index (Phi) is 7.38. The first-order valence-corrected chi connectivity index (χ1v) is 9.96. The second kappa shape index (κ2) is 9.97. The first kappa shape index (κ1) is 20.0. The van der Waals surface area contributed by atoms with E-state index in [0.717, 1.165) is 63.3 Å². The predicted molar refractivity (Wildman–Crippen MR) is 99.1 cm³/mol. The molecule has 7 heteroatoms. The molecule has 1 saturated carbocycles. The van der Waals surface area contributed by atoms with Crippen LogP contribution in [0.3, 0.4) is 0 Å². The van der Waals surface area contributed by atoms with Gasteiger partial charge in [0.1, 0.15) is 0 Å². The molecule has 5 nitrogen and oxygen atoms in total. The second-order valence-corrected chi connectivity index (χ2v) is 7.59. The van der Waals surface area contributed by atoms with Gasteiger partial charge in [0, 0.05) is 37.3 Å². The van der Waals surface area contributed by atoms with E-state index in [2.05, 4.69) is 15.2 Å². The Morgan fingerprint density at radius 1 is 1.22 bits per heavy atom. The standard InChI is InChI=1S/C20H29F2N3O2/c21-19(22)13-27-20-6-3-16-8-11-25(12-9-18(16)24-20)10-7-15-1-4-17(5-2-15)23-14-26/h3,6,14-15,17,19H,1-2,4-5,7-13H2,(H,23,26). The zero-order valence-electron chi connectivity index (χ0n) is 15.7. The van der Waals surface area contributed by atoms with Crippen molar-refractivity contribution in [1.82, 2.24) is 15.2 Å². The number of rotatable bonds is 8. The van der Waals surface area contributed by atoms with E-state index in [0.29, 0.717) is 11.9 Å². The van der Waals surface area contributed by atoms with Gasteiger partial charge in [0.2, 0.25) is 12.3 Å². The van der Waals surface area contributed by atoms with E-state index >= 15 is 0 Å². The van der Waals surface area contributed by atoms with Gasteiger partial charge in [0.05, 0.1) is 0 Å². The molecule has 0 radical (unpaired) electrons. The third-order valence-electron chi connectivity index (χ3n) is 5.77. The van der Waals surface area contributed by atoms with E-state index in [1.165, 1.54) is 24.8 Å². The molecule has 1 aliphatic carbocycles. The van der Waals surface area contributed by atoms with Crippen LogP contribution < -0.4 is 10.1 Å². The molecular formula is C20H29F2N3O2. The third-order valence-corrected chi connectivity index (χ3v) is 5.77. The Bertz CT molecular complexity index is 607. The van der Waals surface area contributed by atoms with Gasteiger partial charge in [-0.3, -0.25) is 4.79 Å². The van der Waals surface area contributed by atoms with Crippen LogP contribution in [0.1, 0.15) is 43.4 Å². The van der Waals surface area contributed by atoms with Crippen LogP contribution in [0.15, 0.2) is 12.1 Å². The van der Waals surface area contributed by atoms with Crippen molar-refractivity contribution >= 4 is 6.41 Å². The lowest BCUT2D eigenvalue weighted by Crippen LogP contribution is -2.34. The number of ether oxygens (including phenoxy) is 1. The summed E-state index contributed by atoms with van der Waals surface area (Å²) in [6.45, 7) is 2.43. The Labute approximate surface area is 159 Å². The lowest BCUT2D eigenvalue weighted by Gasteiger charge is -2.30. The van der Waals surface area contributed by atoms with Gasteiger partial charge in [0.15, 0.2) is 6.61 Å². The topological polar surface area (TPSA) is 54.5 Å². The number of carbonyl (C=O) groups excluding carboxylic acids is 1. The van der Waals surface area contributed by atoms with Gasteiger partial charge in [-0.15, -0.1) is 0 Å². The van der Waals surface area contributed by atoms with Gasteiger partial charge < -0.3 is 15.0 Å². The highest BCUT2D eigenvalue weighted by molar-refractivity contribution is 5.46. The summed E-state index contributed by atoms with van der Waals surface area (Å²) >= 11 is 0. The molecule has 1 aromatic rings. The quantitative estimate of drug-likeness (QED) is 0.704. The summed E-state index contributed by atoms with van der Waals surface area (Å²) in [5.41, 5.74) is 2.17. The number of hydrogen-bond acceptors (Lipinski definition) is 4. The number of carbonyl (C=O) groups is 1. The van der Waals surface area contributed by atoms with Crippen molar-refractivity contribution in [2.45, 2.75) is 57.4 Å². The van der Waals surface area contributed by atoms with Crippen LogP contribution in [0.2, 0.25) is 0 Å². The van der Waals surface area contributed by atoms with E-state index in [4.69, 9.17) is 4.74 Å². The molecule has 1 aromatic heterocycles. The molecule has 1 aliphatic heterocycles. The molecule has 1 amide bonds. The number of fused-ring (bicyclic) bond motifs is 1. The molecular weight excluding hydrogens is 352 g/mol.